The quantitative estimate of drug-likeness (QED) is 0.710. The van der Waals surface area contributed by atoms with E-state index in [0.717, 1.165) is 65.6 Å². The third kappa shape index (κ3) is 2.48. The van der Waals surface area contributed by atoms with Crippen LogP contribution in [0.1, 0.15) is 12.8 Å². The molecule has 0 amide bonds. The summed E-state index contributed by atoms with van der Waals surface area (Å²) in [6.45, 7) is 6.78. The third-order valence-corrected chi connectivity index (χ3v) is 3.96. The van der Waals surface area contributed by atoms with Gasteiger partial charge in [0.25, 0.3) is 0 Å². The van der Waals surface area contributed by atoms with E-state index in [0.29, 0.717) is 0 Å². The van der Waals surface area contributed by atoms with Crippen LogP contribution in [0, 0.1) is 0 Å². The van der Waals surface area contributed by atoms with Crippen molar-refractivity contribution in [3.63, 3.8) is 0 Å². The Kier molecular flexibility index (Phi) is 3.63. The Bertz CT molecular complexity index is 249. The summed E-state index contributed by atoms with van der Waals surface area (Å²) in [5, 5.41) is 0. The Labute approximate surface area is 102 Å². The van der Waals surface area contributed by atoms with Crippen LogP contribution < -0.4 is 0 Å². The van der Waals surface area contributed by atoms with Crippen LogP contribution >= 0.6 is 0 Å². The van der Waals surface area contributed by atoms with Gasteiger partial charge in [0.05, 0.1) is 38.6 Å². The molecule has 0 aliphatic carbocycles. The van der Waals surface area contributed by atoms with Crippen molar-refractivity contribution in [1.82, 2.24) is 4.90 Å². The molecular formula is C12H21NO4. The molecule has 3 rings (SSSR count). The molecule has 3 aliphatic rings. The topological polar surface area (TPSA) is 40.2 Å². The van der Waals surface area contributed by atoms with Gasteiger partial charge in [0.2, 0.25) is 0 Å². The van der Waals surface area contributed by atoms with Crippen LogP contribution in [-0.4, -0.2) is 69.5 Å². The van der Waals surface area contributed by atoms with Gasteiger partial charge in [0, 0.05) is 26.1 Å². The van der Waals surface area contributed by atoms with Crippen LogP contribution in [0.25, 0.3) is 0 Å². The second-order valence-corrected chi connectivity index (χ2v) is 5.03. The van der Waals surface area contributed by atoms with Crippen LogP contribution in [0.2, 0.25) is 0 Å². The molecule has 5 heteroatoms. The van der Waals surface area contributed by atoms with Crippen molar-refractivity contribution >= 4 is 0 Å². The predicted octanol–water partition coefficient (Wildman–Crippen LogP) is 0.241. The Morgan fingerprint density at radius 1 is 1.00 bits per heavy atom. The average Bonchev–Trinajstić information content (AvgIpc) is 3.00. The van der Waals surface area contributed by atoms with Crippen molar-refractivity contribution in [2.75, 3.05) is 52.7 Å². The third-order valence-electron chi connectivity index (χ3n) is 3.96. The van der Waals surface area contributed by atoms with E-state index in [2.05, 4.69) is 4.90 Å². The zero-order chi connectivity index (χ0) is 11.6. The summed E-state index contributed by atoms with van der Waals surface area (Å²) in [5.41, 5.74) is 0.122. The zero-order valence-corrected chi connectivity index (χ0v) is 10.2. The fourth-order valence-electron chi connectivity index (χ4n) is 2.91. The summed E-state index contributed by atoms with van der Waals surface area (Å²) in [6.07, 6.45) is 2.03. The fourth-order valence-corrected chi connectivity index (χ4v) is 2.91. The van der Waals surface area contributed by atoms with Gasteiger partial charge in [0.1, 0.15) is 0 Å². The van der Waals surface area contributed by atoms with E-state index >= 15 is 0 Å². The first-order valence-corrected chi connectivity index (χ1v) is 6.53. The Morgan fingerprint density at radius 3 is 2.53 bits per heavy atom. The minimum absolute atomic E-state index is 0.00258. The van der Waals surface area contributed by atoms with Crippen molar-refractivity contribution in [2.24, 2.45) is 0 Å². The molecule has 0 bridgehead atoms. The normalized spacial score (nSPS) is 36.0. The number of hydrogen-bond acceptors (Lipinski definition) is 5. The van der Waals surface area contributed by atoms with Gasteiger partial charge < -0.3 is 18.9 Å². The van der Waals surface area contributed by atoms with Gasteiger partial charge in [-0.2, -0.15) is 0 Å². The Balaban J connectivity index is 1.55. The molecule has 17 heavy (non-hydrogen) atoms. The van der Waals surface area contributed by atoms with E-state index in [1.54, 1.807) is 0 Å². The standard InChI is InChI=1S/C12H21NO4/c1(11-16-7-8-17-11)3-13-4-6-15-10-12(13)2-5-14-9-12/h11H,1-10H2/t12-/m0/s1. The highest BCUT2D eigenvalue weighted by Gasteiger charge is 2.43. The molecule has 0 radical (unpaired) electrons. The van der Waals surface area contributed by atoms with Crippen LogP contribution in [0.4, 0.5) is 0 Å². The molecule has 1 spiro atoms. The molecular weight excluding hydrogens is 222 g/mol. The molecule has 3 aliphatic heterocycles. The van der Waals surface area contributed by atoms with Gasteiger partial charge >= 0.3 is 0 Å². The SMILES string of the molecule is C1CN(CCC2OCCO2)[C@]2(CCOC2)CO1. The van der Waals surface area contributed by atoms with Gasteiger partial charge in [0.15, 0.2) is 6.29 Å². The van der Waals surface area contributed by atoms with Crippen molar-refractivity contribution in [3.8, 4) is 0 Å². The summed E-state index contributed by atoms with van der Waals surface area (Å²) in [6, 6.07) is 0. The molecule has 0 aromatic rings. The lowest BCUT2D eigenvalue weighted by molar-refractivity contribution is -0.0928. The second-order valence-electron chi connectivity index (χ2n) is 5.03. The average molecular weight is 243 g/mol. The van der Waals surface area contributed by atoms with E-state index in [-0.39, 0.29) is 11.8 Å². The number of morpholine rings is 1. The number of nitrogens with zero attached hydrogens (tertiary/aromatic N) is 1. The van der Waals surface area contributed by atoms with E-state index in [4.69, 9.17) is 18.9 Å². The molecule has 0 aromatic heterocycles. The van der Waals surface area contributed by atoms with Crippen molar-refractivity contribution in [1.29, 1.82) is 0 Å². The molecule has 1 atom stereocenters. The zero-order valence-electron chi connectivity index (χ0n) is 10.2. The van der Waals surface area contributed by atoms with Gasteiger partial charge in [-0.15, -0.1) is 0 Å². The van der Waals surface area contributed by atoms with Gasteiger partial charge in [-0.05, 0) is 6.42 Å². The van der Waals surface area contributed by atoms with Gasteiger partial charge in [-0.25, -0.2) is 0 Å². The minimum Gasteiger partial charge on any atom is -0.379 e. The fraction of sp³-hybridized carbons (Fsp3) is 1.00. The molecule has 0 aromatic carbocycles. The van der Waals surface area contributed by atoms with Crippen molar-refractivity contribution in [2.45, 2.75) is 24.7 Å². The minimum atomic E-state index is -0.00258. The highest BCUT2D eigenvalue weighted by Crippen LogP contribution is 2.29. The Morgan fingerprint density at radius 2 is 1.76 bits per heavy atom. The predicted molar refractivity (Wildman–Crippen MR) is 60.9 cm³/mol. The molecule has 0 unspecified atom stereocenters. The first-order chi connectivity index (χ1) is 8.39. The van der Waals surface area contributed by atoms with Crippen LogP contribution in [-0.2, 0) is 18.9 Å². The lowest BCUT2D eigenvalue weighted by Crippen LogP contribution is -2.57. The first kappa shape index (κ1) is 11.9. The Hall–Kier alpha value is -0.200. The van der Waals surface area contributed by atoms with Crippen LogP contribution in [0.15, 0.2) is 0 Å². The molecule has 5 nitrogen and oxygen atoms in total. The maximum absolute atomic E-state index is 5.63. The molecule has 0 N–H and O–H groups in total. The highest BCUT2D eigenvalue weighted by atomic mass is 16.7. The molecule has 3 heterocycles. The van der Waals surface area contributed by atoms with Crippen LogP contribution in [0.5, 0.6) is 0 Å². The summed E-state index contributed by atoms with van der Waals surface area (Å²) in [7, 11) is 0. The maximum atomic E-state index is 5.63. The van der Waals surface area contributed by atoms with Crippen molar-refractivity contribution < 1.29 is 18.9 Å². The smallest absolute Gasteiger partial charge is 0.159 e. The monoisotopic (exact) mass is 243 g/mol. The summed E-state index contributed by atoms with van der Waals surface area (Å²) in [5.74, 6) is 0. The van der Waals surface area contributed by atoms with E-state index in [1.807, 2.05) is 0 Å². The number of rotatable bonds is 3. The van der Waals surface area contributed by atoms with Gasteiger partial charge in [-0.1, -0.05) is 0 Å². The van der Waals surface area contributed by atoms with E-state index in [1.165, 1.54) is 0 Å². The first-order valence-electron chi connectivity index (χ1n) is 6.53. The largest absolute Gasteiger partial charge is 0.379 e. The van der Waals surface area contributed by atoms with Crippen molar-refractivity contribution in [3.05, 3.63) is 0 Å². The molecule has 3 fully saturated rings. The summed E-state index contributed by atoms with van der Waals surface area (Å²) >= 11 is 0. The summed E-state index contributed by atoms with van der Waals surface area (Å²) < 4.78 is 22.1. The number of hydrogen-bond donors (Lipinski definition) is 0. The van der Waals surface area contributed by atoms with E-state index in [9.17, 15) is 0 Å². The van der Waals surface area contributed by atoms with Crippen LogP contribution in [0.3, 0.4) is 0 Å². The van der Waals surface area contributed by atoms with Gasteiger partial charge in [-0.3, -0.25) is 4.90 Å². The molecule has 0 saturated carbocycles. The summed E-state index contributed by atoms with van der Waals surface area (Å²) in [4.78, 5) is 2.51. The molecule has 3 saturated heterocycles. The lowest BCUT2D eigenvalue weighted by Gasteiger charge is -2.43. The second kappa shape index (κ2) is 5.20. The highest BCUT2D eigenvalue weighted by molar-refractivity contribution is 4.96. The maximum Gasteiger partial charge on any atom is 0.159 e. The molecule has 98 valence electrons. The number of ether oxygens (including phenoxy) is 4. The van der Waals surface area contributed by atoms with E-state index < -0.39 is 0 Å². The lowest BCUT2D eigenvalue weighted by atomic mass is 9.95.